The number of benzene rings is 2. The maximum atomic E-state index is 13.5. The van der Waals surface area contributed by atoms with Gasteiger partial charge in [0.25, 0.3) is 5.91 Å². The van der Waals surface area contributed by atoms with Gasteiger partial charge >= 0.3 is 0 Å². The van der Waals surface area contributed by atoms with E-state index in [1.54, 1.807) is 26.0 Å². The molecule has 0 unspecified atom stereocenters. The van der Waals surface area contributed by atoms with Crippen LogP contribution in [0.3, 0.4) is 0 Å². The van der Waals surface area contributed by atoms with E-state index in [0.717, 1.165) is 5.56 Å². The number of nitrogens with one attached hydrogen (secondary N) is 1. The lowest BCUT2D eigenvalue weighted by Gasteiger charge is -2.09. The lowest BCUT2D eigenvalue weighted by atomic mass is 10.1. The van der Waals surface area contributed by atoms with Gasteiger partial charge in [-0.05, 0) is 48.7 Å². The standard InChI is InChI=1S/C16H16FNO3/c1-9-5-11(6-10(2)15(9)17)8-18-16(21)12-3-4-13(19)14(20)7-12/h3-7,19-20H,8H2,1-2H3,(H,18,21). The lowest BCUT2D eigenvalue weighted by molar-refractivity contribution is 0.0950. The average molecular weight is 289 g/mol. The zero-order valence-electron chi connectivity index (χ0n) is 11.8. The third kappa shape index (κ3) is 3.31. The summed E-state index contributed by atoms with van der Waals surface area (Å²) < 4.78 is 13.5. The van der Waals surface area contributed by atoms with Crippen LogP contribution in [0, 0.1) is 19.7 Å². The third-order valence-electron chi connectivity index (χ3n) is 3.19. The zero-order valence-corrected chi connectivity index (χ0v) is 11.8. The second kappa shape index (κ2) is 5.83. The quantitative estimate of drug-likeness (QED) is 0.761. The number of hydrogen-bond donors (Lipinski definition) is 3. The Morgan fingerprint density at radius 3 is 2.29 bits per heavy atom. The second-order valence-electron chi connectivity index (χ2n) is 4.93. The van der Waals surface area contributed by atoms with E-state index in [0.29, 0.717) is 11.1 Å². The smallest absolute Gasteiger partial charge is 0.251 e. The third-order valence-corrected chi connectivity index (χ3v) is 3.19. The first-order chi connectivity index (χ1) is 9.88. The molecule has 3 N–H and O–H groups in total. The first-order valence-electron chi connectivity index (χ1n) is 6.44. The summed E-state index contributed by atoms with van der Waals surface area (Å²) in [6, 6.07) is 7.20. The molecule has 0 fully saturated rings. The Hall–Kier alpha value is -2.56. The average Bonchev–Trinajstić information content (AvgIpc) is 2.44. The van der Waals surface area contributed by atoms with Crippen molar-refractivity contribution in [2.24, 2.45) is 0 Å². The van der Waals surface area contributed by atoms with Crippen LogP contribution in [0.4, 0.5) is 4.39 Å². The molecule has 2 aromatic rings. The Labute approximate surface area is 121 Å². The largest absolute Gasteiger partial charge is 0.504 e. The molecule has 0 bridgehead atoms. The summed E-state index contributed by atoms with van der Waals surface area (Å²) in [4.78, 5) is 11.9. The minimum Gasteiger partial charge on any atom is -0.504 e. The predicted octanol–water partition coefficient (Wildman–Crippen LogP) is 2.78. The van der Waals surface area contributed by atoms with Crippen LogP contribution in [-0.2, 0) is 6.54 Å². The van der Waals surface area contributed by atoms with Crippen molar-refractivity contribution in [1.82, 2.24) is 5.32 Å². The van der Waals surface area contributed by atoms with Crippen LogP contribution < -0.4 is 5.32 Å². The summed E-state index contributed by atoms with van der Waals surface area (Å²) in [6.07, 6.45) is 0. The number of aryl methyl sites for hydroxylation is 2. The zero-order chi connectivity index (χ0) is 15.6. The number of carbonyl (C=O) groups is 1. The Kier molecular flexibility index (Phi) is 4.12. The molecule has 0 spiro atoms. The fraction of sp³-hybridized carbons (Fsp3) is 0.188. The molecule has 0 aliphatic carbocycles. The van der Waals surface area contributed by atoms with Gasteiger partial charge in [0, 0.05) is 12.1 Å². The van der Waals surface area contributed by atoms with Crippen LogP contribution in [-0.4, -0.2) is 16.1 Å². The Balaban J connectivity index is 2.09. The highest BCUT2D eigenvalue weighted by molar-refractivity contribution is 5.94. The number of rotatable bonds is 3. The summed E-state index contributed by atoms with van der Waals surface area (Å²) in [5.74, 6) is -1.26. The molecule has 0 saturated carbocycles. The van der Waals surface area contributed by atoms with Crippen LogP contribution >= 0.6 is 0 Å². The molecular weight excluding hydrogens is 273 g/mol. The number of hydrogen-bond acceptors (Lipinski definition) is 3. The van der Waals surface area contributed by atoms with Crippen molar-refractivity contribution < 1.29 is 19.4 Å². The van der Waals surface area contributed by atoms with Crippen molar-refractivity contribution >= 4 is 5.91 Å². The first kappa shape index (κ1) is 14.8. The Bertz CT molecular complexity index is 675. The maximum Gasteiger partial charge on any atom is 0.251 e. The lowest BCUT2D eigenvalue weighted by Crippen LogP contribution is -2.22. The molecule has 21 heavy (non-hydrogen) atoms. The van der Waals surface area contributed by atoms with E-state index in [4.69, 9.17) is 0 Å². The number of phenols is 2. The van der Waals surface area contributed by atoms with E-state index >= 15 is 0 Å². The molecule has 110 valence electrons. The highest BCUT2D eigenvalue weighted by Crippen LogP contribution is 2.24. The molecule has 1 amide bonds. The minimum absolute atomic E-state index is 0.237. The topological polar surface area (TPSA) is 69.6 Å². The van der Waals surface area contributed by atoms with Crippen molar-refractivity contribution in [1.29, 1.82) is 0 Å². The summed E-state index contributed by atoms with van der Waals surface area (Å²) in [5.41, 5.74) is 2.09. The highest BCUT2D eigenvalue weighted by atomic mass is 19.1. The van der Waals surface area contributed by atoms with Gasteiger partial charge in [-0.25, -0.2) is 4.39 Å². The van der Waals surface area contributed by atoms with Gasteiger partial charge < -0.3 is 15.5 Å². The molecular formula is C16H16FNO3. The van der Waals surface area contributed by atoms with Gasteiger partial charge in [-0.2, -0.15) is 0 Å². The molecule has 4 nitrogen and oxygen atoms in total. The Morgan fingerprint density at radius 1 is 1.10 bits per heavy atom. The predicted molar refractivity (Wildman–Crippen MR) is 76.8 cm³/mol. The van der Waals surface area contributed by atoms with Gasteiger partial charge in [-0.3, -0.25) is 4.79 Å². The Morgan fingerprint density at radius 2 is 1.71 bits per heavy atom. The van der Waals surface area contributed by atoms with E-state index in [9.17, 15) is 19.4 Å². The van der Waals surface area contributed by atoms with Crippen molar-refractivity contribution in [2.45, 2.75) is 20.4 Å². The van der Waals surface area contributed by atoms with Gasteiger partial charge in [-0.1, -0.05) is 12.1 Å². The van der Waals surface area contributed by atoms with Crippen LogP contribution in [0.5, 0.6) is 11.5 Å². The summed E-state index contributed by atoms with van der Waals surface area (Å²) >= 11 is 0. The molecule has 0 aliphatic rings. The van der Waals surface area contributed by atoms with Crippen LogP contribution in [0.2, 0.25) is 0 Å². The van der Waals surface area contributed by atoms with Crippen LogP contribution in [0.25, 0.3) is 0 Å². The van der Waals surface area contributed by atoms with Gasteiger partial charge in [-0.15, -0.1) is 0 Å². The fourth-order valence-electron chi connectivity index (χ4n) is 2.09. The number of halogens is 1. The van der Waals surface area contributed by atoms with Crippen molar-refractivity contribution in [3.8, 4) is 11.5 Å². The van der Waals surface area contributed by atoms with Crippen LogP contribution in [0.15, 0.2) is 30.3 Å². The number of aromatic hydroxyl groups is 2. The van der Waals surface area contributed by atoms with E-state index < -0.39 is 0 Å². The van der Waals surface area contributed by atoms with Crippen molar-refractivity contribution in [3.63, 3.8) is 0 Å². The van der Waals surface area contributed by atoms with Crippen molar-refractivity contribution in [2.75, 3.05) is 0 Å². The highest BCUT2D eigenvalue weighted by Gasteiger charge is 2.10. The van der Waals surface area contributed by atoms with Gasteiger partial charge in [0.2, 0.25) is 0 Å². The molecule has 0 aliphatic heterocycles. The fourth-order valence-corrected chi connectivity index (χ4v) is 2.09. The molecule has 0 radical (unpaired) electrons. The summed E-state index contributed by atoms with van der Waals surface area (Å²) in [7, 11) is 0. The monoisotopic (exact) mass is 289 g/mol. The maximum absolute atomic E-state index is 13.5. The normalized spacial score (nSPS) is 10.4. The van der Waals surface area contributed by atoms with Crippen LogP contribution in [0.1, 0.15) is 27.0 Å². The van der Waals surface area contributed by atoms with E-state index in [1.807, 2.05) is 0 Å². The van der Waals surface area contributed by atoms with E-state index in [1.165, 1.54) is 18.2 Å². The van der Waals surface area contributed by atoms with Gasteiger partial charge in [0.1, 0.15) is 5.82 Å². The van der Waals surface area contributed by atoms with E-state index in [-0.39, 0.29) is 35.3 Å². The second-order valence-corrected chi connectivity index (χ2v) is 4.93. The molecule has 0 saturated heterocycles. The molecule has 0 atom stereocenters. The summed E-state index contributed by atoms with van der Waals surface area (Å²) in [5, 5.41) is 21.3. The number of carbonyl (C=O) groups excluding carboxylic acids is 1. The number of phenolic OH excluding ortho intramolecular Hbond substituents is 2. The molecule has 0 heterocycles. The van der Waals surface area contributed by atoms with Gasteiger partial charge in [0.15, 0.2) is 11.5 Å². The minimum atomic E-state index is -0.384. The molecule has 0 aromatic heterocycles. The van der Waals surface area contributed by atoms with Gasteiger partial charge in [0.05, 0.1) is 0 Å². The first-order valence-corrected chi connectivity index (χ1v) is 6.44. The van der Waals surface area contributed by atoms with Crippen molar-refractivity contribution in [3.05, 3.63) is 58.4 Å². The molecule has 2 aromatic carbocycles. The SMILES string of the molecule is Cc1cc(CNC(=O)c2ccc(O)c(O)c2)cc(C)c1F. The molecule has 2 rings (SSSR count). The summed E-state index contributed by atoms with van der Waals surface area (Å²) in [6.45, 7) is 3.60. The molecule has 5 heteroatoms. The number of amides is 1. The van der Waals surface area contributed by atoms with E-state index in [2.05, 4.69) is 5.32 Å².